The topological polar surface area (TPSA) is 125 Å². The molecule has 6 rings (SSSR count). The number of rotatable bonds is 3. The van der Waals surface area contributed by atoms with Crippen LogP contribution in [-0.4, -0.2) is 30.1 Å². The Bertz CT molecular complexity index is 1570. The van der Waals surface area contributed by atoms with E-state index in [0.29, 0.717) is 33.9 Å². The molecule has 176 valence electrons. The first-order chi connectivity index (χ1) is 16.9. The first-order valence-electron chi connectivity index (χ1n) is 10.7. The van der Waals surface area contributed by atoms with Crippen LogP contribution in [0.2, 0.25) is 0 Å². The summed E-state index contributed by atoms with van der Waals surface area (Å²) in [6.45, 7) is 0.0418. The molecule has 0 unspecified atom stereocenters. The Morgan fingerprint density at radius 1 is 0.971 bits per heavy atom. The summed E-state index contributed by atoms with van der Waals surface area (Å²) in [5.41, 5.74) is 1.29. The number of fused-ring (bicyclic) bond motifs is 4. The van der Waals surface area contributed by atoms with Gasteiger partial charge in [0, 0.05) is 29.2 Å². The van der Waals surface area contributed by atoms with Gasteiger partial charge < -0.3 is 33.6 Å². The zero-order valence-electron chi connectivity index (χ0n) is 18.4. The third-order valence-corrected chi connectivity index (χ3v) is 6.16. The van der Waals surface area contributed by atoms with E-state index in [0.717, 1.165) is 0 Å². The Balaban J connectivity index is 1.62. The first kappa shape index (κ1) is 20.9. The van der Waals surface area contributed by atoms with Gasteiger partial charge in [0.25, 0.3) is 0 Å². The second kappa shape index (κ2) is 7.69. The van der Waals surface area contributed by atoms with Crippen molar-refractivity contribution in [3.05, 3.63) is 69.9 Å². The predicted molar refractivity (Wildman–Crippen MR) is 122 cm³/mol. The van der Waals surface area contributed by atoms with Gasteiger partial charge >= 0.3 is 5.97 Å². The standard InChI is InChI=1S/C26H18O9/c1-31-20-6-13(7-21-25(20)33-11-32-21)15-8-22(30)34-19-10-17(29)24-16(28)9-18(35-26(24)23(15)19)12-2-4-14(27)5-3-12/h2-7,9-10,15,27,29H,8,11H2,1H3/t15-/m1/s1. The largest absolute Gasteiger partial charge is 0.508 e. The second-order valence-corrected chi connectivity index (χ2v) is 8.22. The number of aromatic hydroxyl groups is 2. The Kier molecular flexibility index (Phi) is 4.60. The van der Waals surface area contributed by atoms with Gasteiger partial charge in [0.2, 0.25) is 12.5 Å². The molecule has 35 heavy (non-hydrogen) atoms. The molecule has 1 atom stereocenters. The van der Waals surface area contributed by atoms with E-state index in [4.69, 9.17) is 23.4 Å². The van der Waals surface area contributed by atoms with Crippen LogP contribution in [0.25, 0.3) is 22.3 Å². The van der Waals surface area contributed by atoms with Gasteiger partial charge in [0.05, 0.1) is 13.5 Å². The van der Waals surface area contributed by atoms with Crippen molar-refractivity contribution in [1.29, 1.82) is 0 Å². The van der Waals surface area contributed by atoms with Gasteiger partial charge in [-0.2, -0.15) is 0 Å². The lowest BCUT2D eigenvalue weighted by Crippen LogP contribution is -2.22. The highest BCUT2D eigenvalue weighted by molar-refractivity contribution is 5.93. The number of carbonyl (C=O) groups excluding carboxylic acids is 1. The number of methoxy groups -OCH3 is 1. The van der Waals surface area contributed by atoms with Crippen molar-refractivity contribution in [2.45, 2.75) is 12.3 Å². The van der Waals surface area contributed by atoms with Gasteiger partial charge in [0.15, 0.2) is 16.9 Å². The van der Waals surface area contributed by atoms with Crippen LogP contribution in [0.1, 0.15) is 23.5 Å². The Labute approximate surface area is 197 Å². The minimum absolute atomic E-state index is 0.0260. The molecular weight excluding hydrogens is 456 g/mol. The molecule has 2 N–H and O–H groups in total. The van der Waals surface area contributed by atoms with Crippen molar-refractivity contribution in [1.82, 2.24) is 0 Å². The molecule has 9 heteroatoms. The van der Waals surface area contributed by atoms with Crippen LogP contribution in [0.3, 0.4) is 0 Å². The lowest BCUT2D eigenvalue weighted by molar-refractivity contribution is -0.135. The predicted octanol–water partition coefficient (Wildman–Crippen LogP) is 4.05. The van der Waals surface area contributed by atoms with E-state index in [2.05, 4.69) is 0 Å². The average Bonchev–Trinajstić information content (AvgIpc) is 3.31. The summed E-state index contributed by atoms with van der Waals surface area (Å²) in [4.78, 5) is 25.6. The van der Waals surface area contributed by atoms with Crippen molar-refractivity contribution in [2.75, 3.05) is 13.9 Å². The van der Waals surface area contributed by atoms with Gasteiger partial charge in [-0.1, -0.05) is 0 Å². The summed E-state index contributed by atoms with van der Waals surface area (Å²) in [7, 11) is 1.50. The van der Waals surface area contributed by atoms with E-state index < -0.39 is 17.3 Å². The first-order valence-corrected chi connectivity index (χ1v) is 10.7. The molecule has 2 aliphatic rings. The third-order valence-electron chi connectivity index (χ3n) is 6.16. The Morgan fingerprint density at radius 2 is 1.77 bits per heavy atom. The van der Waals surface area contributed by atoms with E-state index in [1.54, 1.807) is 24.3 Å². The molecule has 0 bridgehead atoms. The smallest absolute Gasteiger partial charge is 0.312 e. The van der Waals surface area contributed by atoms with E-state index in [1.807, 2.05) is 0 Å². The van der Waals surface area contributed by atoms with Gasteiger partial charge in [0.1, 0.15) is 34.0 Å². The molecule has 3 aromatic carbocycles. The number of phenolic OH excluding ortho intramolecular Hbond substituents is 2. The zero-order valence-corrected chi connectivity index (χ0v) is 18.4. The number of esters is 1. The fraction of sp³-hybridized carbons (Fsp3) is 0.154. The highest BCUT2D eigenvalue weighted by Crippen LogP contribution is 2.50. The van der Waals surface area contributed by atoms with Crippen LogP contribution in [0.5, 0.6) is 34.5 Å². The molecule has 1 aromatic heterocycles. The number of ether oxygens (including phenoxy) is 4. The van der Waals surface area contributed by atoms with Crippen molar-refractivity contribution >= 4 is 16.9 Å². The maximum absolute atomic E-state index is 13.1. The minimum atomic E-state index is -0.587. The Hall–Kier alpha value is -4.66. The molecule has 9 nitrogen and oxygen atoms in total. The maximum Gasteiger partial charge on any atom is 0.312 e. The summed E-state index contributed by atoms with van der Waals surface area (Å²) in [6, 6.07) is 12.2. The Morgan fingerprint density at radius 3 is 2.54 bits per heavy atom. The van der Waals surface area contributed by atoms with Crippen LogP contribution in [0.15, 0.2) is 57.7 Å². The molecule has 0 saturated carbocycles. The highest BCUT2D eigenvalue weighted by Gasteiger charge is 2.35. The van der Waals surface area contributed by atoms with Crippen molar-refractivity contribution < 1.29 is 38.4 Å². The number of hydrogen-bond donors (Lipinski definition) is 2. The average molecular weight is 474 g/mol. The molecule has 0 saturated heterocycles. The summed E-state index contributed by atoms with van der Waals surface area (Å²) < 4.78 is 28.1. The molecule has 0 fully saturated rings. The van der Waals surface area contributed by atoms with Crippen molar-refractivity contribution in [3.8, 4) is 45.8 Å². The van der Waals surface area contributed by atoms with Crippen LogP contribution < -0.4 is 24.4 Å². The normalized spacial score (nSPS) is 16.1. The van der Waals surface area contributed by atoms with E-state index in [9.17, 15) is 19.8 Å². The molecule has 4 aromatic rings. The molecule has 0 spiro atoms. The van der Waals surface area contributed by atoms with E-state index in [1.165, 1.54) is 31.4 Å². The third kappa shape index (κ3) is 3.31. The zero-order chi connectivity index (χ0) is 24.3. The van der Waals surface area contributed by atoms with Gasteiger partial charge in [-0.05, 0) is 42.0 Å². The number of benzene rings is 3. The van der Waals surface area contributed by atoms with Crippen molar-refractivity contribution in [2.24, 2.45) is 0 Å². The SMILES string of the molecule is COc1cc([C@H]2CC(=O)Oc3cc(O)c4c(=O)cc(-c5ccc(O)cc5)oc4c32)cc2c1OCO2. The molecule has 3 heterocycles. The quantitative estimate of drug-likeness (QED) is 0.334. The van der Waals surface area contributed by atoms with Crippen molar-refractivity contribution in [3.63, 3.8) is 0 Å². The fourth-order valence-electron chi connectivity index (χ4n) is 4.56. The maximum atomic E-state index is 13.1. The van der Waals surface area contributed by atoms with E-state index in [-0.39, 0.29) is 47.2 Å². The molecule has 2 aliphatic heterocycles. The second-order valence-electron chi connectivity index (χ2n) is 8.22. The molecule has 0 radical (unpaired) electrons. The van der Waals surface area contributed by atoms with Gasteiger partial charge in [-0.25, -0.2) is 0 Å². The number of phenols is 2. The summed E-state index contributed by atoms with van der Waals surface area (Å²) in [6.07, 6.45) is -0.0389. The van der Waals surface area contributed by atoms with Crippen LogP contribution in [0, 0.1) is 0 Å². The lowest BCUT2D eigenvalue weighted by Gasteiger charge is -2.26. The summed E-state index contributed by atoms with van der Waals surface area (Å²) in [5.74, 6) is 0.307. The summed E-state index contributed by atoms with van der Waals surface area (Å²) in [5, 5.41) is 20.2. The number of carbonyl (C=O) groups is 1. The van der Waals surface area contributed by atoms with Gasteiger partial charge in [-0.15, -0.1) is 0 Å². The van der Waals surface area contributed by atoms with Gasteiger partial charge in [-0.3, -0.25) is 9.59 Å². The molecular formula is C26H18O9. The van der Waals surface area contributed by atoms with Crippen LogP contribution in [0.4, 0.5) is 0 Å². The molecule has 0 amide bonds. The monoisotopic (exact) mass is 474 g/mol. The van der Waals surface area contributed by atoms with Crippen LogP contribution in [-0.2, 0) is 4.79 Å². The minimum Gasteiger partial charge on any atom is -0.508 e. The number of hydrogen-bond acceptors (Lipinski definition) is 9. The fourth-order valence-corrected chi connectivity index (χ4v) is 4.56. The molecule has 0 aliphatic carbocycles. The van der Waals surface area contributed by atoms with Crippen LogP contribution >= 0.6 is 0 Å². The summed E-state index contributed by atoms with van der Waals surface area (Å²) >= 11 is 0. The highest BCUT2D eigenvalue weighted by atomic mass is 16.7. The van der Waals surface area contributed by atoms with E-state index >= 15 is 0 Å². The lowest BCUT2D eigenvalue weighted by atomic mass is 9.84.